The van der Waals surface area contributed by atoms with E-state index in [-0.39, 0.29) is 0 Å². The number of aromatic nitrogens is 4. The van der Waals surface area contributed by atoms with E-state index >= 15 is 0 Å². The third-order valence-electron chi connectivity index (χ3n) is 5.15. The van der Waals surface area contributed by atoms with E-state index in [1.54, 1.807) is 34.4 Å². The molecular weight excluding hydrogens is 440 g/mol. The first kappa shape index (κ1) is 19.3. The lowest BCUT2D eigenvalue weighted by molar-refractivity contribution is 0.339. The molecule has 0 radical (unpaired) electrons. The molecule has 0 N–H and O–H groups in total. The Kier molecular flexibility index (Phi) is 5.72. The van der Waals surface area contributed by atoms with E-state index in [1.807, 2.05) is 24.3 Å². The molecule has 1 aromatic carbocycles. The number of thiazole rings is 1. The molecular formula is C21H19ClN4S3. The highest BCUT2D eigenvalue weighted by molar-refractivity contribution is 8.00. The van der Waals surface area contributed by atoms with Crippen LogP contribution in [0.2, 0.25) is 5.02 Å². The predicted octanol–water partition coefficient (Wildman–Crippen LogP) is 7.44. The van der Waals surface area contributed by atoms with Crippen molar-refractivity contribution < 1.29 is 0 Å². The fourth-order valence-electron chi connectivity index (χ4n) is 3.72. The van der Waals surface area contributed by atoms with Crippen molar-refractivity contribution in [1.29, 1.82) is 0 Å². The van der Waals surface area contributed by atoms with Crippen molar-refractivity contribution in [1.82, 2.24) is 19.7 Å². The molecule has 1 aliphatic carbocycles. The summed E-state index contributed by atoms with van der Waals surface area (Å²) in [5.41, 5.74) is 2.04. The standard InChI is InChI=1S/C21H19ClN4S3/c22-15-10-8-14(9-11-15)17-13-28-21(23-17)29-20-25-24-19(18-7-4-12-27-18)26(20)16-5-2-1-3-6-16/h4,7-13,16H,1-3,5-6H2. The van der Waals surface area contributed by atoms with E-state index in [0.717, 1.165) is 31.6 Å². The molecule has 0 aliphatic heterocycles. The van der Waals surface area contributed by atoms with Crippen LogP contribution >= 0.6 is 46.0 Å². The van der Waals surface area contributed by atoms with Crippen LogP contribution in [0.15, 0.2) is 56.7 Å². The van der Waals surface area contributed by atoms with E-state index in [1.165, 1.54) is 37.0 Å². The summed E-state index contributed by atoms with van der Waals surface area (Å²) in [5, 5.41) is 15.0. The van der Waals surface area contributed by atoms with Crippen LogP contribution in [0.3, 0.4) is 0 Å². The smallest absolute Gasteiger partial charge is 0.198 e. The minimum absolute atomic E-state index is 0.467. The molecule has 8 heteroatoms. The lowest BCUT2D eigenvalue weighted by atomic mass is 9.95. The van der Waals surface area contributed by atoms with Gasteiger partial charge < -0.3 is 0 Å². The Morgan fingerprint density at radius 2 is 1.83 bits per heavy atom. The van der Waals surface area contributed by atoms with Gasteiger partial charge in [-0.25, -0.2) is 4.98 Å². The highest BCUT2D eigenvalue weighted by atomic mass is 35.5. The lowest BCUT2D eigenvalue weighted by Gasteiger charge is -2.25. The van der Waals surface area contributed by atoms with E-state index < -0.39 is 0 Å². The number of thiophene rings is 1. The number of benzene rings is 1. The number of rotatable bonds is 5. The van der Waals surface area contributed by atoms with E-state index in [2.05, 4.69) is 37.7 Å². The molecule has 5 rings (SSSR count). The molecule has 3 aromatic heterocycles. The Balaban J connectivity index is 1.46. The second-order valence-corrected chi connectivity index (χ2v) is 10.5. The quantitative estimate of drug-likeness (QED) is 0.311. The summed E-state index contributed by atoms with van der Waals surface area (Å²) < 4.78 is 3.34. The molecule has 1 aliphatic rings. The van der Waals surface area contributed by atoms with E-state index in [4.69, 9.17) is 16.6 Å². The Morgan fingerprint density at radius 1 is 1.00 bits per heavy atom. The van der Waals surface area contributed by atoms with Crippen LogP contribution in [0.5, 0.6) is 0 Å². The van der Waals surface area contributed by atoms with Gasteiger partial charge >= 0.3 is 0 Å². The Bertz CT molecular complexity index is 1080. The maximum Gasteiger partial charge on any atom is 0.198 e. The molecule has 1 fully saturated rings. The monoisotopic (exact) mass is 458 g/mol. The Morgan fingerprint density at radius 3 is 2.59 bits per heavy atom. The average molecular weight is 459 g/mol. The number of halogens is 1. The molecule has 4 aromatic rings. The van der Waals surface area contributed by atoms with Gasteiger partial charge in [0.1, 0.15) is 0 Å². The van der Waals surface area contributed by atoms with Gasteiger partial charge in [-0.1, -0.05) is 49.1 Å². The van der Waals surface area contributed by atoms with Crippen molar-refractivity contribution in [2.45, 2.75) is 47.6 Å². The molecule has 0 bridgehead atoms. The molecule has 148 valence electrons. The van der Waals surface area contributed by atoms with Gasteiger partial charge in [-0.2, -0.15) is 0 Å². The number of nitrogens with zero attached hydrogens (tertiary/aromatic N) is 4. The topological polar surface area (TPSA) is 43.6 Å². The molecule has 0 amide bonds. The van der Waals surface area contributed by atoms with Crippen molar-refractivity contribution in [3.05, 3.63) is 52.2 Å². The molecule has 0 atom stereocenters. The van der Waals surface area contributed by atoms with Crippen molar-refractivity contribution in [3.63, 3.8) is 0 Å². The highest BCUT2D eigenvalue weighted by Crippen LogP contribution is 2.40. The highest BCUT2D eigenvalue weighted by Gasteiger charge is 2.25. The van der Waals surface area contributed by atoms with Gasteiger partial charge in [-0.05, 0) is 48.2 Å². The van der Waals surface area contributed by atoms with Crippen LogP contribution in [0.1, 0.15) is 38.1 Å². The third kappa shape index (κ3) is 4.14. The lowest BCUT2D eigenvalue weighted by Crippen LogP contribution is -2.14. The van der Waals surface area contributed by atoms with Crippen molar-refractivity contribution in [2.75, 3.05) is 0 Å². The summed E-state index contributed by atoms with van der Waals surface area (Å²) >= 11 is 11.0. The normalized spacial score (nSPS) is 15.1. The summed E-state index contributed by atoms with van der Waals surface area (Å²) in [6.07, 6.45) is 6.26. The molecule has 0 spiro atoms. The first-order valence-corrected chi connectivity index (χ1v) is 12.6. The SMILES string of the molecule is Clc1ccc(-c2csc(Sc3nnc(-c4cccs4)n3C3CCCCC3)n2)cc1. The van der Waals surface area contributed by atoms with Crippen LogP contribution in [0.4, 0.5) is 0 Å². The van der Waals surface area contributed by atoms with Crippen molar-refractivity contribution in [2.24, 2.45) is 0 Å². The zero-order valence-electron chi connectivity index (χ0n) is 15.6. The van der Waals surface area contributed by atoms with Gasteiger partial charge in [0.15, 0.2) is 15.3 Å². The molecule has 3 heterocycles. The predicted molar refractivity (Wildman–Crippen MR) is 122 cm³/mol. The van der Waals surface area contributed by atoms with Crippen molar-refractivity contribution >= 4 is 46.0 Å². The van der Waals surface area contributed by atoms with Gasteiger partial charge in [0, 0.05) is 22.0 Å². The summed E-state index contributed by atoms with van der Waals surface area (Å²) in [7, 11) is 0. The van der Waals surface area contributed by atoms with Gasteiger partial charge in [0.05, 0.1) is 10.6 Å². The van der Waals surface area contributed by atoms with Gasteiger partial charge in [0.25, 0.3) is 0 Å². The first-order chi connectivity index (χ1) is 14.3. The van der Waals surface area contributed by atoms with Crippen LogP contribution in [0.25, 0.3) is 22.0 Å². The third-order valence-corrected chi connectivity index (χ3v) is 8.16. The summed E-state index contributed by atoms with van der Waals surface area (Å²) in [6, 6.07) is 12.5. The zero-order chi connectivity index (χ0) is 19.6. The maximum atomic E-state index is 6.01. The minimum Gasteiger partial charge on any atom is -0.298 e. The second-order valence-electron chi connectivity index (χ2n) is 7.05. The van der Waals surface area contributed by atoms with Crippen LogP contribution < -0.4 is 0 Å². The Hall–Kier alpha value is -1.67. The number of hydrogen-bond donors (Lipinski definition) is 0. The van der Waals surface area contributed by atoms with Gasteiger partial charge in [-0.3, -0.25) is 4.57 Å². The minimum atomic E-state index is 0.467. The van der Waals surface area contributed by atoms with Gasteiger partial charge in [-0.15, -0.1) is 32.9 Å². The average Bonchev–Trinajstić information content (AvgIpc) is 3.50. The fraction of sp³-hybridized carbons (Fsp3) is 0.286. The molecule has 4 nitrogen and oxygen atoms in total. The first-order valence-electron chi connectivity index (χ1n) is 9.66. The fourth-order valence-corrected chi connectivity index (χ4v) is 6.38. The zero-order valence-corrected chi connectivity index (χ0v) is 18.8. The van der Waals surface area contributed by atoms with Crippen LogP contribution in [-0.2, 0) is 0 Å². The molecule has 0 unspecified atom stereocenters. The van der Waals surface area contributed by atoms with Crippen LogP contribution in [-0.4, -0.2) is 19.7 Å². The Labute approximate surface area is 187 Å². The molecule has 1 saturated carbocycles. The molecule has 29 heavy (non-hydrogen) atoms. The summed E-state index contributed by atoms with van der Waals surface area (Å²) in [4.78, 5) is 6.00. The largest absolute Gasteiger partial charge is 0.298 e. The second kappa shape index (κ2) is 8.60. The number of hydrogen-bond acceptors (Lipinski definition) is 6. The maximum absolute atomic E-state index is 6.01. The summed E-state index contributed by atoms with van der Waals surface area (Å²) in [5.74, 6) is 0.990. The molecule has 0 saturated heterocycles. The van der Waals surface area contributed by atoms with Crippen LogP contribution in [0, 0.1) is 0 Å². The van der Waals surface area contributed by atoms with E-state index in [9.17, 15) is 0 Å². The van der Waals surface area contributed by atoms with E-state index in [0.29, 0.717) is 6.04 Å². The van der Waals surface area contributed by atoms with Gasteiger partial charge in [0.2, 0.25) is 0 Å². The van der Waals surface area contributed by atoms with Crippen molar-refractivity contribution in [3.8, 4) is 22.0 Å². The summed E-state index contributed by atoms with van der Waals surface area (Å²) in [6.45, 7) is 0.